The summed E-state index contributed by atoms with van der Waals surface area (Å²) in [6.07, 6.45) is 1.94. The summed E-state index contributed by atoms with van der Waals surface area (Å²) in [6, 6.07) is 16.8. The second-order valence-electron chi connectivity index (χ2n) is 4.37. The minimum absolute atomic E-state index is 0.790. The van der Waals surface area contributed by atoms with Crippen molar-refractivity contribution in [1.29, 1.82) is 0 Å². The number of fused-ring (bicyclic) bond motifs is 1. The van der Waals surface area contributed by atoms with Crippen LogP contribution in [0.4, 0.5) is 5.82 Å². The number of nitrogens with one attached hydrogen (secondary N) is 1. The van der Waals surface area contributed by atoms with Crippen LogP contribution < -0.4 is 5.32 Å². The molecule has 0 atom stereocenters. The number of benzene rings is 2. The topological polar surface area (TPSA) is 29.9 Å². The van der Waals surface area contributed by atoms with E-state index in [1.807, 2.05) is 19.3 Å². The predicted molar refractivity (Wildman–Crippen MR) is 74.5 cm³/mol. The Labute approximate surface area is 106 Å². The normalized spacial score (nSPS) is 10.7. The van der Waals surface area contributed by atoms with Crippen LogP contribution in [-0.4, -0.2) is 9.78 Å². The third kappa shape index (κ3) is 2.07. The standard InChI is InChI=1S/C15H15N3/c1-18-10-9-15(17-18)16-11-13-7-4-6-12-5-2-3-8-14(12)13/h2-10H,11H2,1H3,(H,16,17). The highest BCUT2D eigenvalue weighted by Crippen LogP contribution is 2.19. The van der Waals surface area contributed by atoms with E-state index in [4.69, 9.17) is 0 Å². The molecule has 1 N–H and O–H groups in total. The summed E-state index contributed by atoms with van der Waals surface area (Å²) >= 11 is 0. The molecule has 0 amide bonds. The maximum absolute atomic E-state index is 4.31. The fraction of sp³-hybridized carbons (Fsp3) is 0.133. The molecule has 3 nitrogen and oxygen atoms in total. The second-order valence-corrected chi connectivity index (χ2v) is 4.37. The van der Waals surface area contributed by atoms with E-state index in [0.717, 1.165) is 12.4 Å². The Morgan fingerprint density at radius 3 is 2.72 bits per heavy atom. The Hall–Kier alpha value is -2.29. The fourth-order valence-electron chi connectivity index (χ4n) is 2.14. The van der Waals surface area contributed by atoms with Gasteiger partial charge in [-0.25, -0.2) is 0 Å². The first-order valence-corrected chi connectivity index (χ1v) is 6.03. The van der Waals surface area contributed by atoms with E-state index in [9.17, 15) is 0 Å². The van der Waals surface area contributed by atoms with Gasteiger partial charge in [0.05, 0.1) is 0 Å². The molecule has 3 aromatic rings. The van der Waals surface area contributed by atoms with Crippen molar-refractivity contribution >= 4 is 16.6 Å². The Kier molecular flexibility index (Phi) is 2.73. The average Bonchev–Trinajstić information content (AvgIpc) is 2.82. The van der Waals surface area contributed by atoms with Crippen molar-refractivity contribution in [2.75, 3.05) is 5.32 Å². The molecule has 0 fully saturated rings. The summed E-state index contributed by atoms with van der Waals surface area (Å²) in [5.41, 5.74) is 1.29. The summed E-state index contributed by atoms with van der Waals surface area (Å²) in [6.45, 7) is 0.790. The molecule has 3 rings (SSSR count). The first-order chi connectivity index (χ1) is 8.83. The molecule has 0 aliphatic carbocycles. The van der Waals surface area contributed by atoms with Gasteiger partial charge in [0.1, 0.15) is 5.82 Å². The largest absolute Gasteiger partial charge is 0.365 e. The van der Waals surface area contributed by atoms with E-state index < -0.39 is 0 Å². The maximum atomic E-state index is 4.31. The molecule has 18 heavy (non-hydrogen) atoms. The monoisotopic (exact) mass is 237 g/mol. The van der Waals surface area contributed by atoms with Crippen molar-refractivity contribution in [3.05, 3.63) is 60.3 Å². The van der Waals surface area contributed by atoms with Gasteiger partial charge in [-0.2, -0.15) is 5.10 Å². The van der Waals surface area contributed by atoms with Gasteiger partial charge in [0.15, 0.2) is 0 Å². The number of nitrogens with zero attached hydrogens (tertiary/aromatic N) is 2. The maximum Gasteiger partial charge on any atom is 0.148 e. The lowest BCUT2D eigenvalue weighted by molar-refractivity contribution is 0.768. The Balaban J connectivity index is 1.86. The van der Waals surface area contributed by atoms with Gasteiger partial charge >= 0.3 is 0 Å². The zero-order chi connectivity index (χ0) is 12.4. The SMILES string of the molecule is Cn1ccc(NCc2cccc3ccccc23)n1. The van der Waals surface area contributed by atoms with Crippen molar-refractivity contribution in [2.45, 2.75) is 6.54 Å². The molecular formula is C15H15N3. The van der Waals surface area contributed by atoms with Crippen LogP contribution in [0.25, 0.3) is 10.8 Å². The highest BCUT2D eigenvalue weighted by atomic mass is 15.3. The zero-order valence-electron chi connectivity index (χ0n) is 10.3. The van der Waals surface area contributed by atoms with Gasteiger partial charge in [-0.05, 0) is 16.3 Å². The average molecular weight is 237 g/mol. The quantitative estimate of drug-likeness (QED) is 0.758. The van der Waals surface area contributed by atoms with Gasteiger partial charge < -0.3 is 5.32 Å². The van der Waals surface area contributed by atoms with E-state index in [2.05, 4.69) is 52.9 Å². The van der Waals surface area contributed by atoms with E-state index >= 15 is 0 Å². The van der Waals surface area contributed by atoms with Crippen LogP contribution in [0.2, 0.25) is 0 Å². The number of rotatable bonds is 3. The smallest absolute Gasteiger partial charge is 0.148 e. The van der Waals surface area contributed by atoms with E-state index in [0.29, 0.717) is 0 Å². The summed E-state index contributed by atoms with van der Waals surface area (Å²) < 4.78 is 1.80. The lowest BCUT2D eigenvalue weighted by Gasteiger charge is -2.07. The van der Waals surface area contributed by atoms with Gasteiger partial charge in [0.2, 0.25) is 0 Å². The predicted octanol–water partition coefficient (Wildman–Crippen LogP) is 3.19. The van der Waals surface area contributed by atoms with Crippen molar-refractivity contribution in [3.63, 3.8) is 0 Å². The van der Waals surface area contributed by atoms with E-state index in [1.165, 1.54) is 16.3 Å². The molecule has 2 aromatic carbocycles. The molecule has 1 aromatic heterocycles. The molecular weight excluding hydrogens is 222 g/mol. The zero-order valence-corrected chi connectivity index (χ0v) is 10.3. The van der Waals surface area contributed by atoms with Crippen LogP contribution in [-0.2, 0) is 13.6 Å². The van der Waals surface area contributed by atoms with Gasteiger partial charge in [0, 0.05) is 25.9 Å². The lowest BCUT2D eigenvalue weighted by Crippen LogP contribution is -2.01. The number of aryl methyl sites for hydroxylation is 1. The molecule has 90 valence electrons. The van der Waals surface area contributed by atoms with Crippen LogP contribution in [0.5, 0.6) is 0 Å². The van der Waals surface area contributed by atoms with E-state index in [1.54, 1.807) is 4.68 Å². The molecule has 0 aliphatic heterocycles. The summed E-state index contributed by atoms with van der Waals surface area (Å²) in [4.78, 5) is 0. The molecule has 0 radical (unpaired) electrons. The van der Waals surface area contributed by atoms with Gasteiger partial charge in [0.25, 0.3) is 0 Å². The Morgan fingerprint density at radius 2 is 1.89 bits per heavy atom. The summed E-state index contributed by atoms with van der Waals surface area (Å²) in [5, 5.41) is 10.2. The van der Waals surface area contributed by atoms with E-state index in [-0.39, 0.29) is 0 Å². The third-order valence-corrected chi connectivity index (χ3v) is 3.05. The summed E-state index contributed by atoms with van der Waals surface area (Å²) in [7, 11) is 1.92. The molecule has 0 bridgehead atoms. The molecule has 0 saturated heterocycles. The number of hydrogen-bond donors (Lipinski definition) is 1. The molecule has 1 heterocycles. The van der Waals surface area contributed by atoms with Crippen LogP contribution >= 0.6 is 0 Å². The minimum Gasteiger partial charge on any atom is -0.365 e. The van der Waals surface area contributed by atoms with Crippen molar-refractivity contribution < 1.29 is 0 Å². The van der Waals surface area contributed by atoms with Gasteiger partial charge in [-0.3, -0.25) is 4.68 Å². The van der Waals surface area contributed by atoms with Crippen molar-refractivity contribution in [2.24, 2.45) is 7.05 Å². The number of aromatic nitrogens is 2. The molecule has 0 saturated carbocycles. The summed E-state index contributed by atoms with van der Waals surface area (Å²) in [5.74, 6) is 0.908. The lowest BCUT2D eigenvalue weighted by atomic mass is 10.0. The minimum atomic E-state index is 0.790. The van der Waals surface area contributed by atoms with Crippen LogP contribution in [0, 0.1) is 0 Å². The van der Waals surface area contributed by atoms with Crippen LogP contribution in [0.15, 0.2) is 54.7 Å². The third-order valence-electron chi connectivity index (χ3n) is 3.05. The van der Waals surface area contributed by atoms with Gasteiger partial charge in [-0.15, -0.1) is 0 Å². The van der Waals surface area contributed by atoms with Crippen molar-refractivity contribution in [3.8, 4) is 0 Å². The van der Waals surface area contributed by atoms with Crippen LogP contribution in [0.3, 0.4) is 0 Å². The molecule has 3 heteroatoms. The second kappa shape index (κ2) is 4.53. The number of anilines is 1. The Morgan fingerprint density at radius 1 is 1.06 bits per heavy atom. The fourth-order valence-corrected chi connectivity index (χ4v) is 2.14. The first-order valence-electron chi connectivity index (χ1n) is 6.03. The van der Waals surface area contributed by atoms with Gasteiger partial charge in [-0.1, -0.05) is 42.5 Å². The first kappa shape index (κ1) is 10.8. The molecule has 0 spiro atoms. The molecule has 0 unspecified atom stereocenters. The highest BCUT2D eigenvalue weighted by molar-refractivity contribution is 5.85. The number of hydrogen-bond acceptors (Lipinski definition) is 2. The van der Waals surface area contributed by atoms with Crippen molar-refractivity contribution in [1.82, 2.24) is 9.78 Å². The molecule has 0 aliphatic rings. The van der Waals surface area contributed by atoms with Crippen LogP contribution in [0.1, 0.15) is 5.56 Å². The Bertz CT molecular complexity index is 665. The highest BCUT2D eigenvalue weighted by Gasteiger charge is 2.01.